The summed E-state index contributed by atoms with van der Waals surface area (Å²) in [7, 11) is -4.70. The number of nitrogens with one attached hydrogen (secondary N) is 1. The molecule has 2 heterocycles. The number of rotatable bonds is 5. The fraction of sp³-hybridized carbons (Fsp3) is 0.556. The van der Waals surface area contributed by atoms with Crippen LogP contribution in [0.1, 0.15) is 12.6 Å². The Kier molecular flexibility index (Phi) is 4.81. The molecule has 120 valence electrons. The second kappa shape index (κ2) is 6.44. The van der Waals surface area contributed by atoms with E-state index in [9.17, 15) is 14.2 Å². The summed E-state index contributed by atoms with van der Waals surface area (Å²) in [6.45, 7) is -0.511. The first-order valence-electron chi connectivity index (χ1n) is 6.01. The van der Waals surface area contributed by atoms with Gasteiger partial charge in [0.1, 0.15) is 6.23 Å². The van der Waals surface area contributed by atoms with Gasteiger partial charge in [0.05, 0.1) is 18.8 Å². The van der Waals surface area contributed by atoms with Crippen molar-refractivity contribution in [1.82, 2.24) is 9.55 Å². The summed E-state index contributed by atoms with van der Waals surface area (Å²) in [5.41, 5.74) is 7.22. The van der Waals surface area contributed by atoms with Crippen LogP contribution in [-0.2, 0) is 13.8 Å². The largest absolute Gasteiger partial charge is 0.469 e. The average molecular weight is 333 g/mol. The maximum atomic E-state index is 11.7. The Morgan fingerprint density at radius 2 is 2.32 bits per heavy atom. The topological polar surface area (TPSA) is 180 Å². The molecule has 1 fully saturated rings. The molecular weight excluding hydrogens is 321 g/mol. The summed E-state index contributed by atoms with van der Waals surface area (Å²) in [4.78, 5) is 44.7. The van der Waals surface area contributed by atoms with Crippen LogP contribution in [0, 0.1) is 0 Å². The zero-order valence-corrected chi connectivity index (χ0v) is 11.9. The number of phosphoric ester groups is 1. The van der Waals surface area contributed by atoms with E-state index >= 15 is 0 Å². The lowest BCUT2D eigenvalue weighted by atomic mass is 10.1. The van der Waals surface area contributed by atoms with E-state index in [1.54, 1.807) is 0 Å². The molecule has 0 radical (unpaired) electrons. The maximum Gasteiger partial charge on any atom is 0.469 e. The van der Waals surface area contributed by atoms with Crippen molar-refractivity contribution in [3.8, 4) is 0 Å². The number of nitrogens with zero attached hydrogens (tertiary/aromatic N) is 4. The van der Waals surface area contributed by atoms with Crippen LogP contribution in [0.2, 0.25) is 0 Å². The van der Waals surface area contributed by atoms with Gasteiger partial charge in [-0.05, 0) is 5.53 Å². The monoisotopic (exact) mass is 333 g/mol. The molecular formula is C9H12N5O7P. The second-order valence-corrected chi connectivity index (χ2v) is 5.68. The van der Waals surface area contributed by atoms with Gasteiger partial charge in [-0.2, -0.15) is 0 Å². The van der Waals surface area contributed by atoms with E-state index < -0.39 is 44.1 Å². The van der Waals surface area contributed by atoms with Gasteiger partial charge in [0.2, 0.25) is 0 Å². The van der Waals surface area contributed by atoms with Crippen molar-refractivity contribution >= 4 is 7.82 Å². The van der Waals surface area contributed by atoms with Gasteiger partial charge in [-0.25, -0.2) is 9.36 Å². The van der Waals surface area contributed by atoms with E-state index in [1.807, 2.05) is 4.98 Å². The predicted octanol–water partition coefficient (Wildman–Crippen LogP) is -0.388. The van der Waals surface area contributed by atoms with Crippen LogP contribution in [0.4, 0.5) is 0 Å². The first-order valence-corrected chi connectivity index (χ1v) is 7.54. The summed E-state index contributed by atoms with van der Waals surface area (Å²) < 4.78 is 21.6. The molecule has 0 saturated carbocycles. The lowest BCUT2D eigenvalue weighted by Crippen LogP contribution is -2.31. The Morgan fingerprint density at radius 3 is 2.91 bits per heavy atom. The average Bonchev–Trinajstić information content (AvgIpc) is 2.79. The zero-order chi connectivity index (χ0) is 16.3. The molecule has 1 aromatic heterocycles. The third-order valence-electron chi connectivity index (χ3n) is 2.97. The minimum Gasteiger partial charge on any atom is -0.352 e. The van der Waals surface area contributed by atoms with Crippen LogP contribution in [0.15, 0.2) is 27.0 Å². The molecule has 0 aliphatic carbocycles. The molecule has 0 spiro atoms. The van der Waals surface area contributed by atoms with Crippen LogP contribution in [0.3, 0.4) is 0 Å². The molecule has 1 aliphatic heterocycles. The Labute approximate surface area is 122 Å². The maximum absolute atomic E-state index is 11.7. The zero-order valence-electron chi connectivity index (χ0n) is 11.0. The normalized spacial score (nSPS) is 24.9. The van der Waals surface area contributed by atoms with Crippen molar-refractivity contribution in [2.45, 2.75) is 24.8 Å². The van der Waals surface area contributed by atoms with Crippen LogP contribution >= 0.6 is 7.82 Å². The van der Waals surface area contributed by atoms with Crippen molar-refractivity contribution in [3.05, 3.63) is 43.5 Å². The fourth-order valence-corrected chi connectivity index (χ4v) is 2.39. The number of azide groups is 1. The third-order valence-corrected chi connectivity index (χ3v) is 3.46. The highest BCUT2D eigenvalue weighted by Crippen LogP contribution is 2.38. The molecule has 0 aromatic carbocycles. The summed E-state index contributed by atoms with van der Waals surface area (Å²) in [5.74, 6) is 0. The Balaban J connectivity index is 2.19. The standard InChI is InChI=1S/C9H12N5O7P/c10-13-12-5-3-8(14-2-1-7(15)11-9(14)16)21-6(5)4-20-22(17,18)19/h1-2,5-6,8H,3-4H2,(H,11,15,16)(H2,17,18,19)/t5?,6-,8-/m0/s1. The number of aromatic amines is 1. The molecule has 0 amide bonds. The molecule has 1 unspecified atom stereocenters. The Morgan fingerprint density at radius 1 is 1.59 bits per heavy atom. The lowest BCUT2D eigenvalue weighted by molar-refractivity contribution is -0.0267. The minimum atomic E-state index is -4.70. The Hall–Kier alpha value is -1.94. The van der Waals surface area contributed by atoms with Gasteiger partial charge in [0.15, 0.2) is 0 Å². The van der Waals surface area contributed by atoms with Gasteiger partial charge in [0, 0.05) is 23.6 Å². The SMILES string of the molecule is [N-]=[N+]=NC1C[C@@H](n2ccc(=O)[nH]c2=O)O[C@H]1COP(=O)(O)O. The molecule has 1 aromatic rings. The van der Waals surface area contributed by atoms with E-state index in [2.05, 4.69) is 14.5 Å². The minimum absolute atomic E-state index is 0.0885. The third kappa shape index (κ3) is 4.04. The smallest absolute Gasteiger partial charge is 0.352 e. The molecule has 2 rings (SSSR count). The van der Waals surface area contributed by atoms with Gasteiger partial charge in [-0.1, -0.05) is 5.11 Å². The molecule has 1 saturated heterocycles. The van der Waals surface area contributed by atoms with E-state index in [-0.39, 0.29) is 6.42 Å². The molecule has 12 nitrogen and oxygen atoms in total. The van der Waals surface area contributed by atoms with E-state index in [1.165, 1.54) is 6.20 Å². The molecule has 3 N–H and O–H groups in total. The highest BCUT2D eigenvalue weighted by atomic mass is 31.2. The molecule has 3 atom stereocenters. The van der Waals surface area contributed by atoms with Crippen LogP contribution in [-0.4, -0.2) is 38.1 Å². The molecule has 1 aliphatic rings. The number of hydrogen-bond acceptors (Lipinski definition) is 6. The van der Waals surface area contributed by atoms with Gasteiger partial charge in [0.25, 0.3) is 5.56 Å². The summed E-state index contributed by atoms with van der Waals surface area (Å²) in [6, 6.07) is 0.340. The first-order chi connectivity index (χ1) is 10.3. The highest BCUT2D eigenvalue weighted by Gasteiger charge is 2.37. The van der Waals surface area contributed by atoms with Crippen LogP contribution in [0.5, 0.6) is 0 Å². The fourth-order valence-electron chi connectivity index (χ4n) is 2.05. The lowest BCUT2D eigenvalue weighted by Gasteiger charge is -2.16. The van der Waals surface area contributed by atoms with Gasteiger partial charge in [-0.3, -0.25) is 18.9 Å². The molecule has 13 heteroatoms. The van der Waals surface area contributed by atoms with Gasteiger partial charge >= 0.3 is 13.5 Å². The van der Waals surface area contributed by atoms with Crippen molar-refractivity contribution in [2.75, 3.05) is 6.61 Å². The summed E-state index contributed by atoms with van der Waals surface area (Å²) >= 11 is 0. The number of hydrogen-bond donors (Lipinski definition) is 3. The predicted molar refractivity (Wildman–Crippen MR) is 70.8 cm³/mol. The van der Waals surface area contributed by atoms with Crippen molar-refractivity contribution in [2.24, 2.45) is 5.11 Å². The van der Waals surface area contributed by atoms with Crippen molar-refractivity contribution in [1.29, 1.82) is 0 Å². The number of aromatic nitrogens is 2. The second-order valence-electron chi connectivity index (χ2n) is 4.44. The Bertz CT molecular complexity index is 747. The molecule has 22 heavy (non-hydrogen) atoms. The van der Waals surface area contributed by atoms with Gasteiger partial charge < -0.3 is 14.5 Å². The van der Waals surface area contributed by atoms with Crippen LogP contribution < -0.4 is 11.2 Å². The number of H-pyrrole nitrogens is 1. The molecule has 0 bridgehead atoms. The van der Waals surface area contributed by atoms with Crippen molar-refractivity contribution in [3.63, 3.8) is 0 Å². The first kappa shape index (κ1) is 16.4. The quantitative estimate of drug-likeness (QED) is 0.284. The van der Waals surface area contributed by atoms with E-state index in [4.69, 9.17) is 20.1 Å². The summed E-state index contributed by atoms with van der Waals surface area (Å²) in [5, 5.41) is 3.46. The van der Waals surface area contributed by atoms with Crippen molar-refractivity contribution < 1.29 is 23.6 Å². The van der Waals surface area contributed by atoms with Crippen LogP contribution in [0.25, 0.3) is 10.4 Å². The number of phosphoric acid groups is 1. The van der Waals surface area contributed by atoms with E-state index in [0.29, 0.717) is 0 Å². The summed E-state index contributed by atoms with van der Waals surface area (Å²) in [6.07, 6.45) is -0.492. The highest BCUT2D eigenvalue weighted by molar-refractivity contribution is 7.46. The van der Waals surface area contributed by atoms with Gasteiger partial charge in [-0.15, -0.1) is 0 Å². The number of ether oxygens (including phenoxy) is 1. The van der Waals surface area contributed by atoms with E-state index in [0.717, 1.165) is 10.6 Å².